The number of methoxy groups -OCH3 is 1. The molecule has 96 valence electrons. The first kappa shape index (κ1) is 13.0. The molecule has 0 amide bonds. The average molecular weight is 244 g/mol. The molecule has 0 saturated heterocycles. The number of rotatable bonds is 4. The van der Waals surface area contributed by atoms with Crippen LogP contribution in [0.1, 0.15) is 25.5 Å². The average Bonchev–Trinajstić information content (AvgIpc) is 2.39. The van der Waals surface area contributed by atoms with E-state index in [1.165, 1.54) is 10.8 Å². The number of nitrogens with two attached hydrogens (primary N) is 1. The van der Waals surface area contributed by atoms with E-state index < -0.39 is 0 Å². The van der Waals surface area contributed by atoms with Crippen LogP contribution >= 0.6 is 0 Å². The zero-order valence-corrected chi connectivity index (χ0v) is 11.1. The van der Waals surface area contributed by atoms with Crippen molar-refractivity contribution >= 4 is 10.8 Å². The van der Waals surface area contributed by atoms with Gasteiger partial charge in [0.25, 0.3) is 0 Å². The van der Waals surface area contributed by atoms with Crippen molar-refractivity contribution in [2.75, 3.05) is 7.11 Å². The summed E-state index contributed by atoms with van der Waals surface area (Å²) in [4.78, 5) is 0. The molecule has 1 atom stereocenters. The lowest BCUT2D eigenvalue weighted by Gasteiger charge is -2.33. The van der Waals surface area contributed by atoms with E-state index in [0.29, 0.717) is 0 Å². The second-order valence-electron chi connectivity index (χ2n) is 4.98. The lowest BCUT2D eigenvalue weighted by molar-refractivity contribution is -0.0107. The molecule has 3 heteroatoms. The molecule has 2 rings (SSSR count). The number of hydrazine groups is 1. The van der Waals surface area contributed by atoms with Crippen LogP contribution in [-0.4, -0.2) is 12.7 Å². The second kappa shape index (κ2) is 5.06. The maximum Gasteiger partial charge on any atom is 0.0829 e. The van der Waals surface area contributed by atoms with Gasteiger partial charge in [0.2, 0.25) is 0 Å². The van der Waals surface area contributed by atoms with Gasteiger partial charge in [0, 0.05) is 7.11 Å². The smallest absolute Gasteiger partial charge is 0.0829 e. The van der Waals surface area contributed by atoms with E-state index >= 15 is 0 Å². The molecule has 0 spiro atoms. The molecule has 0 saturated carbocycles. The van der Waals surface area contributed by atoms with Crippen molar-refractivity contribution in [2.45, 2.75) is 25.5 Å². The summed E-state index contributed by atoms with van der Waals surface area (Å²) in [5, 5.41) is 2.41. The number of fused-ring (bicyclic) bond motifs is 1. The highest BCUT2D eigenvalue weighted by atomic mass is 16.5. The Morgan fingerprint density at radius 2 is 1.78 bits per heavy atom. The fourth-order valence-corrected chi connectivity index (χ4v) is 2.28. The van der Waals surface area contributed by atoms with Crippen LogP contribution in [0, 0.1) is 0 Å². The molecule has 2 aromatic rings. The Morgan fingerprint density at radius 1 is 1.11 bits per heavy atom. The summed E-state index contributed by atoms with van der Waals surface area (Å²) < 4.78 is 5.55. The monoisotopic (exact) mass is 244 g/mol. The third-order valence-corrected chi connectivity index (χ3v) is 3.52. The lowest BCUT2D eigenvalue weighted by atomic mass is 9.89. The summed E-state index contributed by atoms with van der Waals surface area (Å²) in [6.45, 7) is 4.05. The highest BCUT2D eigenvalue weighted by Gasteiger charge is 2.30. The van der Waals surface area contributed by atoms with Crippen molar-refractivity contribution < 1.29 is 4.74 Å². The zero-order valence-electron chi connectivity index (χ0n) is 11.1. The van der Waals surface area contributed by atoms with E-state index in [1.807, 2.05) is 32.0 Å². The largest absolute Gasteiger partial charge is 0.377 e. The van der Waals surface area contributed by atoms with Crippen molar-refractivity contribution in [1.29, 1.82) is 0 Å². The van der Waals surface area contributed by atoms with Gasteiger partial charge >= 0.3 is 0 Å². The lowest BCUT2D eigenvalue weighted by Crippen LogP contribution is -2.44. The number of hydrogen-bond acceptors (Lipinski definition) is 3. The van der Waals surface area contributed by atoms with Crippen molar-refractivity contribution in [3.63, 3.8) is 0 Å². The molecule has 0 aliphatic heterocycles. The van der Waals surface area contributed by atoms with Crippen molar-refractivity contribution in [1.82, 2.24) is 5.43 Å². The fourth-order valence-electron chi connectivity index (χ4n) is 2.28. The summed E-state index contributed by atoms with van der Waals surface area (Å²) in [6.07, 6.45) is 0. The van der Waals surface area contributed by atoms with Crippen LogP contribution < -0.4 is 11.3 Å². The molecule has 0 aliphatic carbocycles. The number of nitrogens with one attached hydrogen (secondary N) is 1. The van der Waals surface area contributed by atoms with Crippen molar-refractivity contribution in [2.24, 2.45) is 5.84 Å². The summed E-state index contributed by atoms with van der Waals surface area (Å²) in [5.41, 5.74) is 3.66. The minimum atomic E-state index is -0.376. The van der Waals surface area contributed by atoms with E-state index in [4.69, 9.17) is 10.6 Å². The predicted molar refractivity (Wildman–Crippen MR) is 75.1 cm³/mol. The van der Waals surface area contributed by atoms with Crippen LogP contribution in [0.15, 0.2) is 42.5 Å². The fraction of sp³-hybridized carbons (Fsp3) is 0.333. The first-order chi connectivity index (χ1) is 8.60. The van der Waals surface area contributed by atoms with Crippen LogP contribution in [0.3, 0.4) is 0 Å². The SMILES string of the molecule is COC(C)(C)C(NN)c1cccc2ccccc12. The highest BCUT2D eigenvalue weighted by Crippen LogP contribution is 2.32. The van der Waals surface area contributed by atoms with Gasteiger partial charge in [0.05, 0.1) is 11.6 Å². The molecule has 0 aliphatic rings. The Kier molecular flexibility index (Phi) is 3.66. The highest BCUT2D eigenvalue weighted by molar-refractivity contribution is 5.86. The first-order valence-corrected chi connectivity index (χ1v) is 6.09. The Labute approximate surface area is 108 Å². The second-order valence-corrected chi connectivity index (χ2v) is 4.98. The number of benzene rings is 2. The summed E-state index contributed by atoms with van der Waals surface area (Å²) in [6, 6.07) is 14.5. The molecule has 0 heterocycles. The van der Waals surface area contributed by atoms with Gasteiger partial charge in [-0.3, -0.25) is 11.3 Å². The predicted octanol–water partition coefficient (Wildman–Crippen LogP) is 2.77. The third kappa shape index (κ3) is 2.25. The number of hydrogen-bond donors (Lipinski definition) is 2. The maximum absolute atomic E-state index is 5.73. The van der Waals surface area contributed by atoms with E-state index in [-0.39, 0.29) is 11.6 Å². The minimum Gasteiger partial charge on any atom is -0.377 e. The van der Waals surface area contributed by atoms with Gasteiger partial charge < -0.3 is 4.74 Å². The summed E-state index contributed by atoms with van der Waals surface area (Å²) in [7, 11) is 1.70. The Hall–Kier alpha value is -1.42. The molecule has 18 heavy (non-hydrogen) atoms. The molecule has 2 aromatic carbocycles. The van der Waals surface area contributed by atoms with Crippen molar-refractivity contribution in [3.05, 3.63) is 48.0 Å². The normalized spacial score (nSPS) is 13.8. The van der Waals surface area contributed by atoms with Gasteiger partial charge in [0.15, 0.2) is 0 Å². The minimum absolute atomic E-state index is 0.0615. The van der Waals surface area contributed by atoms with E-state index in [2.05, 4.69) is 29.7 Å². The Balaban J connectivity index is 2.59. The van der Waals surface area contributed by atoms with Gasteiger partial charge in [0.1, 0.15) is 0 Å². The van der Waals surface area contributed by atoms with Gasteiger partial charge in [-0.15, -0.1) is 0 Å². The Morgan fingerprint density at radius 3 is 2.44 bits per heavy atom. The zero-order chi connectivity index (χ0) is 13.2. The van der Waals surface area contributed by atoms with E-state index in [1.54, 1.807) is 7.11 Å². The quantitative estimate of drug-likeness (QED) is 0.642. The van der Waals surface area contributed by atoms with E-state index in [9.17, 15) is 0 Å². The molecule has 0 radical (unpaired) electrons. The topological polar surface area (TPSA) is 47.3 Å². The van der Waals surface area contributed by atoms with Gasteiger partial charge in [-0.2, -0.15) is 0 Å². The van der Waals surface area contributed by atoms with E-state index in [0.717, 1.165) is 5.56 Å². The van der Waals surface area contributed by atoms with Gasteiger partial charge in [-0.1, -0.05) is 42.5 Å². The molecule has 3 N–H and O–H groups in total. The van der Waals surface area contributed by atoms with Crippen LogP contribution in [0.5, 0.6) is 0 Å². The maximum atomic E-state index is 5.73. The molecule has 0 aromatic heterocycles. The molecule has 3 nitrogen and oxygen atoms in total. The van der Waals surface area contributed by atoms with Crippen LogP contribution in [-0.2, 0) is 4.74 Å². The molecule has 0 fully saturated rings. The molecular formula is C15H20N2O. The van der Waals surface area contributed by atoms with Crippen LogP contribution in [0.2, 0.25) is 0 Å². The van der Waals surface area contributed by atoms with Crippen LogP contribution in [0.25, 0.3) is 10.8 Å². The Bertz CT molecular complexity index is 532. The summed E-state index contributed by atoms with van der Waals surface area (Å²) >= 11 is 0. The molecule has 1 unspecified atom stereocenters. The van der Waals surface area contributed by atoms with Gasteiger partial charge in [-0.25, -0.2) is 0 Å². The van der Waals surface area contributed by atoms with Crippen LogP contribution in [0.4, 0.5) is 0 Å². The first-order valence-electron chi connectivity index (χ1n) is 6.09. The third-order valence-electron chi connectivity index (χ3n) is 3.52. The number of ether oxygens (including phenoxy) is 1. The van der Waals surface area contributed by atoms with Crippen molar-refractivity contribution in [3.8, 4) is 0 Å². The standard InChI is InChI=1S/C15H20N2O/c1-15(2,18-3)14(17-16)13-10-6-8-11-7-4-5-9-12(11)13/h4-10,14,17H,16H2,1-3H3. The van der Waals surface area contributed by atoms with Gasteiger partial charge in [-0.05, 0) is 30.2 Å². The molecular weight excluding hydrogens is 224 g/mol. The molecule has 0 bridgehead atoms. The summed E-state index contributed by atoms with van der Waals surface area (Å²) in [5.74, 6) is 5.73.